The van der Waals surface area contributed by atoms with Gasteiger partial charge in [-0.25, -0.2) is 4.68 Å². The van der Waals surface area contributed by atoms with Gasteiger partial charge in [0, 0.05) is 16.5 Å². The van der Waals surface area contributed by atoms with Crippen LogP contribution in [0.2, 0.25) is 0 Å². The second-order valence-electron chi connectivity index (χ2n) is 3.77. The summed E-state index contributed by atoms with van der Waals surface area (Å²) in [6.45, 7) is 1.25. The van der Waals surface area contributed by atoms with Crippen LogP contribution in [-0.4, -0.2) is 36.2 Å². The average molecular weight is 295 g/mol. The molecule has 9 nitrogen and oxygen atoms in total. The summed E-state index contributed by atoms with van der Waals surface area (Å²) in [6, 6.07) is 4.64. The number of hydrogen-bond donors (Lipinski definition) is 1. The van der Waals surface area contributed by atoms with Crippen molar-refractivity contribution in [1.29, 1.82) is 0 Å². The van der Waals surface area contributed by atoms with E-state index < -0.39 is 10.9 Å². The molecule has 0 radical (unpaired) electrons. The molecule has 2 rings (SSSR count). The number of carboxylic acids is 1. The molecule has 1 heterocycles. The minimum Gasteiger partial charge on any atom is -0.480 e. The number of benzene rings is 1. The molecule has 0 saturated carbocycles. The quantitative estimate of drug-likeness (QED) is 0.642. The number of carboxylic acid groups (broad SMARTS) is 1. The fourth-order valence-corrected chi connectivity index (χ4v) is 2.39. The molecule has 0 aliphatic carbocycles. The summed E-state index contributed by atoms with van der Waals surface area (Å²) >= 11 is 1.08. The fourth-order valence-electron chi connectivity index (χ4n) is 1.51. The van der Waals surface area contributed by atoms with Crippen LogP contribution in [0.5, 0.6) is 0 Å². The Kier molecular flexibility index (Phi) is 3.94. The number of rotatable bonds is 5. The summed E-state index contributed by atoms with van der Waals surface area (Å²) in [5.41, 5.74) is 0.472. The number of carbonyl (C=O) groups is 1. The zero-order valence-corrected chi connectivity index (χ0v) is 11.1. The van der Waals surface area contributed by atoms with Crippen LogP contribution in [0.15, 0.2) is 28.3 Å². The fraction of sp³-hybridized carbons (Fsp3) is 0.200. The number of nitro benzene ring substituents is 1. The molecule has 104 valence electrons. The average Bonchev–Trinajstić information content (AvgIpc) is 2.78. The highest BCUT2D eigenvalue weighted by Crippen LogP contribution is 2.32. The summed E-state index contributed by atoms with van der Waals surface area (Å²) in [5, 5.41) is 30.5. The van der Waals surface area contributed by atoms with E-state index in [9.17, 15) is 14.9 Å². The molecular weight excluding hydrogens is 286 g/mol. The zero-order valence-electron chi connectivity index (χ0n) is 10.3. The van der Waals surface area contributed by atoms with Gasteiger partial charge in [0.15, 0.2) is 0 Å². The van der Waals surface area contributed by atoms with Crippen LogP contribution in [-0.2, 0) is 11.3 Å². The van der Waals surface area contributed by atoms with Crippen molar-refractivity contribution in [2.24, 2.45) is 0 Å². The van der Waals surface area contributed by atoms with Crippen LogP contribution in [0.1, 0.15) is 5.56 Å². The first-order chi connectivity index (χ1) is 9.49. The molecule has 2 aromatic rings. The van der Waals surface area contributed by atoms with Gasteiger partial charge >= 0.3 is 5.97 Å². The number of aromatic nitrogens is 4. The lowest BCUT2D eigenvalue weighted by atomic mass is 10.2. The Labute approximate surface area is 116 Å². The predicted molar refractivity (Wildman–Crippen MR) is 67.4 cm³/mol. The third-order valence-electron chi connectivity index (χ3n) is 2.44. The molecule has 0 spiro atoms. The summed E-state index contributed by atoms with van der Waals surface area (Å²) < 4.78 is 1.12. The number of nitro groups is 1. The van der Waals surface area contributed by atoms with Gasteiger partial charge in [-0.15, -0.1) is 5.10 Å². The Morgan fingerprint density at radius 3 is 2.95 bits per heavy atom. The van der Waals surface area contributed by atoms with Crippen molar-refractivity contribution < 1.29 is 14.8 Å². The van der Waals surface area contributed by atoms with Crippen molar-refractivity contribution in [2.45, 2.75) is 23.5 Å². The van der Waals surface area contributed by atoms with E-state index in [1.54, 1.807) is 19.1 Å². The van der Waals surface area contributed by atoms with E-state index in [0.717, 1.165) is 16.4 Å². The molecule has 1 N–H and O–H groups in total. The smallest absolute Gasteiger partial charge is 0.325 e. The van der Waals surface area contributed by atoms with Gasteiger partial charge in [-0.3, -0.25) is 14.9 Å². The van der Waals surface area contributed by atoms with Crippen LogP contribution in [0, 0.1) is 17.0 Å². The first-order valence-corrected chi connectivity index (χ1v) is 6.20. The lowest BCUT2D eigenvalue weighted by Crippen LogP contribution is -2.11. The van der Waals surface area contributed by atoms with Gasteiger partial charge in [0.1, 0.15) is 6.54 Å². The maximum Gasteiger partial charge on any atom is 0.325 e. The van der Waals surface area contributed by atoms with E-state index in [1.807, 2.05) is 0 Å². The van der Waals surface area contributed by atoms with Crippen molar-refractivity contribution >= 4 is 23.4 Å². The third-order valence-corrected chi connectivity index (χ3v) is 3.57. The van der Waals surface area contributed by atoms with Gasteiger partial charge in [-0.1, -0.05) is 6.07 Å². The van der Waals surface area contributed by atoms with Crippen LogP contribution < -0.4 is 0 Å². The second kappa shape index (κ2) is 5.65. The van der Waals surface area contributed by atoms with Gasteiger partial charge in [-0.2, -0.15) is 0 Å². The molecule has 10 heteroatoms. The van der Waals surface area contributed by atoms with Gasteiger partial charge in [0.2, 0.25) is 5.16 Å². The van der Waals surface area contributed by atoms with Gasteiger partial charge in [0.25, 0.3) is 5.69 Å². The normalized spacial score (nSPS) is 10.4. The van der Waals surface area contributed by atoms with E-state index in [0.29, 0.717) is 10.5 Å². The van der Waals surface area contributed by atoms with Crippen molar-refractivity contribution in [3.05, 3.63) is 33.9 Å². The van der Waals surface area contributed by atoms with E-state index in [1.165, 1.54) is 6.07 Å². The van der Waals surface area contributed by atoms with Crippen molar-refractivity contribution in [3.63, 3.8) is 0 Å². The van der Waals surface area contributed by atoms with Crippen LogP contribution in [0.4, 0.5) is 5.69 Å². The van der Waals surface area contributed by atoms with Crippen molar-refractivity contribution in [1.82, 2.24) is 20.2 Å². The highest BCUT2D eigenvalue weighted by molar-refractivity contribution is 7.99. The monoisotopic (exact) mass is 295 g/mol. The molecule has 0 amide bonds. The Morgan fingerprint density at radius 1 is 1.55 bits per heavy atom. The number of hydrogen-bond acceptors (Lipinski definition) is 7. The molecular formula is C10H9N5O4S. The van der Waals surface area contributed by atoms with Gasteiger partial charge < -0.3 is 5.11 Å². The van der Waals surface area contributed by atoms with Crippen molar-refractivity contribution in [3.8, 4) is 0 Å². The molecule has 0 saturated heterocycles. The number of aliphatic carboxylic acids is 1. The summed E-state index contributed by atoms with van der Waals surface area (Å²) in [6.07, 6.45) is 0. The minimum atomic E-state index is -1.07. The maximum absolute atomic E-state index is 10.9. The van der Waals surface area contributed by atoms with E-state index in [-0.39, 0.29) is 17.4 Å². The maximum atomic E-state index is 10.9. The van der Waals surface area contributed by atoms with E-state index >= 15 is 0 Å². The molecule has 0 unspecified atom stereocenters. The van der Waals surface area contributed by atoms with E-state index in [4.69, 9.17) is 5.11 Å². The first kappa shape index (κ1) is 13.9. The molecule has 0 aliphatic heterocycles. The molecule has 0 bridgehead atoms. The summed E-state index contributed by atoms with van der Waals surface area (Å²) in [5.74, 6) is -1.07. The summed E-state index contributed by atoms with van der Waals surface area (Å²) in [7, 11) is 0. The number of tetrazole rings is 1. The topological polar surface area (TPSA) is 124 Å². The Balaban J connectivity index is 2.31. The van der Waals surface area contributed by atoms with Gasteiger partial charge in [-0.05, 0) is 35.2 Å². The highest BCUT2D eigenvalue weighted by atomic mass is 32.2. The number of nitrogens with zero attached hydrogens (tertiary/aromatic N) is 5. The minimum absolute atomic E-state index is 0.00717. The lowest BCUT2D eigenvalue weighted by Gasteiger charge is -2.05. The SMILES string of the molecule is Cc1c(Sc2nnnn2CC(=O)O)cccc1[N+](=O)[O-]. The third kappa shape index (κ3) is 2.91. The molecule has 0 atom stereocenters. The second-order valence-corrected chi connectivity index (χ2v) is 4.78. The molecule has 1 aromatic carbocycles. The molecule has 20 heavy (non-hydrogen) atoms. The lowest BCUT2D eigenvalue weighted by molar-refractivity contribution is -0.385. The highest BCUT2D eigenvalue weighted by Gasteiger charge is 2.17. The van der Waals surface area contributed by atoms with Gasteiger partial charge in [0.05, 0.1) is 4.92 Å². The zero-order chi connectivity index (χ0) is 14.7. The Morgan fingerprint density at radius 2 is 2.30 bits per heavy atom. The first-order valence-electron chi connectivity index (χ1n) is 5.39. The molecule has 1 aromatic heterocycles. The van der Waals surface area contributed by atoms with Crippen LogP contribution in [0.25, 0.3) is 0 Å². The van der Waals surface area contributed by atoms with Crippen molar-refractivity contribution in [2.75, 3.05) is 0 Å². The summed E-state index contributed by atoms with van der Waals surface area (Å²) in [4.78, 5) is 21.7. The van der Waals surface area contributed by atoms with E-state index in [2.05, 4.69) is 15.5 Å². The molecule has 0 aliphatic rings. The largest absolute Gasteiger partial charge is 0.480 e. The Hall–Kier alpha value is -2.49. The predicted octanol–water partition coefficient (Wildman–Crippen LogP) is 1.13. The molecule has 0 fully saturated rings. The van der Waals surface area contributed by atoms with Crippen LogP contribution >= 0.6 is 11.8 Å². The van der Waals surface area contributed by atoms with Crippen LogP contribution in [0.3, 0.4) is 0 Å². The Bertz CT molecular complexity index is 671. The standard InChI is InChI=1S/C10H9N5O4S/c1-6-7(15(18)19)3-2-4-8(6)20-10-11-12-13-14(10)5-9(16)17/h2-4H,5H2,1H3,(H,16,17).